The first-order valence-corrected chi connectivity index (χ1v) is 5.07. The highest BCUT2D eigenvalue weighted by atomic mass is 14.6. The summed E-state index contributed by atoms with van der Waals surface area (Å²) in [6.45, 7) is 4.00. The predicted molar refractivity (Wildman–Crippen MR) is 55.4 cm³/mol. The molecule has 2 atom stereocenters. The van der Waals surface area contributed by atoms with Gasteiger partial charge in [0.25, 0.3) is 0 Å². The summed E-state index contributed by atoms with van der Waals surface area (Å²) in [6.07, 6.45) is 9.91. The molecule has 68 valence electrons. The van der Waals surface area contributed by atoms with Crippen molar-refractivity contribution in [3.05, 3.63) is 28.9 Å². The molecule has 0 saturated heterocycles. The lowest BCUT2D eigenvalue weighted by Crippen LogP contribution is -2.27. The summed E-state index contributed by atoms with van der Waals surface area (Å²) < 4.78 is 0. The Hall–Kier alpha value is -1.11. The Balaban J connectivity index is 0.000000308. The van der Waals surface area contributed by atoms with Crippen molar-refractivity contribution in [1.29, 1.82) is 0 Å². The quantitative estimate of drug-likeness (QED) is 0.576. The van der Waals surface area contributed by atoms with Gasteiger partial charge in [-0.1, -0.05) is 26.0 Å². The molecular formula is C12H15N. The van der Waals surface area contributed by atoms with Crippen LogP contribution >= 0.6 is 0 Å². The Morgan fingerprint density at radius 1 is 1.15 bits per heavy atom. The van der Waals surface area contributed by atoms with Crippen molar-refractivity contribution in [3.63, 3.8) is 0 Å². The Morgan fingerprint density at radius 2 is 1.85 bits per heavy atom. The van der Waals surface area contributed by atoms with Gasteiger partial charge < -0.3 is 0 Å². The molecule has 2 aliphatic carbocycles. The first-order chi connectivity index (χ1) is 6.43. The van der Waals surface area contributed by atoms with Crippen LogP contribution in [-0.4, -0.2) is 4.98 Å². The van der Waals surface area contributed by atoms with Crippen LogP contribution in [-0.2, 0) is 0 Å². The molecule has 2 aliphatic rings. The molecule has 1 aromatic rings. The van der Waals surface area contributed by atoms with Crippen LogP contribution in [0.25, 0.3) is 12.2 Å². The standard InChI is InChI=1S/C10H9N.C2H6/c1-2-11-6-10-5-9-4-8(9)3-7(1)10;1-2/h1-3,5-6,8-9H,4H2;1-2H3. The van der Waals surface area contributed by atoms with Crippen molar-refractivity contribution in [3.8, 4) is 0 Å². The minimum Gasteiger partial charge on any atom is -0.264 e. The van der Waals surface area contributed by atoms with Crippen LogP contribution < -0.4 is 10.4 Å². The van der Waals surface area contributed by atoms with E-state index in [1.54, 1.807) is 0 Å². The largest absolute Gasteiger partial charge is 0.264 e. The number of hydrogen-bond acceptors (Lipinski definition) is 1. The van der Waals surface area contributed by atoms with Gasteiger partial charge in [-0.3, -0.25) is 4.98 Å². The van der Waals surface area contributed by atoms with E-state index in [2.05, 4.69) is 23.2 Å². The van der Waals surface area contributed by atoms with E-state index in [9.17, 15) is 0 Å². The van der Waals surface area contributed by atoms with Crippen LogP contribution in [0, 0.1) is 11.8 Å². The van der Waals surface area contributed by atoms with E-state index in [1.807, 2.05) is 26.2 Å². The van der Waals surface area contributed by atoms with E-state index >= 15 is 0 Å². The number of nitrogens with zero attached hydrogens (tertiary/aromatic N) is 1. The first kappa shape index (κ1) is 8.49. The summed E-state index contributed by atoms with van der Waals surface area (Å²) in [6, 6.07) is 2.10. The molecule has 1 fully saturated rings. The lowest BCUT2D eigenvalue weighted by molar-refractivity contribution is 1.05. The van der Waals surface area contributed by atoms with Crippen LogP contribution in [0.3, 0.4) is 0 Å². The summed E-state index contributed by atoms with van der Waals surface area (Å²) in [7, 11) is 0. The minimum atomic E-state index is 0.840. The van der Waals surface area contributed by atoms with Crippen LogP contribution in [0.1, 0.15) is 20.3 Å². The number of pyridine rings is 1. The third-order valence-corrected chi connectivity index (χ3v) is 2.57. The molecule has 0 bridgehead atoms. The molecule has 3 rings (SSSR count). The maximum absolute atomic E-state index is 4.10. The van der Waals surface area contributed by atoms with Crippen LogP contribution in [0.2, 0.25) is 0 Å². The summed E-state index contributed by atoms with van der Waals surface area (Å²) in [5.74, 6) is 1.69. The van der Waals surface area contributed by atoms with Crippen molar-refractivity contribution in [2.24, 2.45) is 11.8 Å². The van der Waals surface area contributed by atoms with Crippen LogP contribution in [0.5, 0.6) is 0 Å². The van der Waals surface area contributed by atoms with Gasteiger partial charge in [-0.25, -0.2) is 0 Å². The van der Waals surface area contributed by atoms with E-state index in [0.29, 0.717) is 0 Å². The van der Waals surface area contributed by atoms with Gasteiger partial charge in [-0.2, -0.15) is 0 Å². The molecule has 1 heterocycles. The van der Waals surface area contributed by atoms with E-state index in [4.69, 9.17) is 0 Å². The highest BCUT2D eigenvalue weighted by Gasteiger charge is 2.34. The van der Waals surface area contributed by atoms with E-state index in [0.717, 1.165) is 11.8 Å². The molecule has 2 unspecified atom stereocenters. The van der Waals surface area contributed by atoms with Crippen molar-refractivity contribution in [1.82, 2.24) is 4.98 Å². The number of fused-ring (bicyclic) bond motifs is 2. The molecule has 0 radical (unpaired) electrons. The maximum atomic E-state index is 4.10. The smallest absolute Gasteiger partial charge is 0.0343 e. The maximum Gasteiger partial charge on any atom is 0.0343 e. The van der Waals surface area contributed by atoms with Gasteiger partial charge in [0.1, 0.15) is 0 Å². The Kier molecular flexibility index (Phi) is 2.17. The molecule has 0 amide bonds. The molecule has 0 spiro atoms. The first-order valence-electron chi connectivity index (χ1n) is 5.07. The van der Waals surface area contributed by atoms with Gasteiger partial charge in [0.05, 0.1) is 0 Å². The van der Waals surface area contributed by atoms with Crippen molar-refractivity contribution < 1.29 is 0 Å². The van der Waals surface area contributed by atoms with Gasteiger partial charge in [0.15, 0.2) is 0 Å². The normalized spacial score (nSPS) is 26.6. The second-order valence-corrected chi connectivity index (χ2v) is 3.40. The molecule has 13 heavy (non-hydrogen) atoms. The highest BCUT2D eigenvalue weighted by Crippen LogP contribution is 2.41. The lowest BCUT2D eigenvalue weighted by atomic mass is 10.1. The molecule has 1 heteroatoms. The van der Waals surface area contributed by atoms with Gasteiger partial charge in [-0.15, -0.1) is 0 Å². The minimum absolute atomic E-state index is 0.840. The predicted octanol–water partition coefficient (Wildman–Crippen LogP) is 1.32. The fourth-order valence-corrected chi connectivity index (χ4v) is 1.79. The fraction of sp³-hybridized carbons (Fsp3) is 0.417. The van der Waals surface area contributed by atoms with Crippen molar-refractivity contribution >= 4 is 12.2 Å². The van der Waals surface area contributed by atoms with Crippen molar-refractivity contribution in [2.75, 3.05) is 0 Å². The molecule has 1 saturated carbocycles. The zero-order chi connectivity index (χ0) is 9.26. The third-order valence-electron chi connectivity index (χ3n) is 2.57. The number of hydrogen-bond donors (Lipinski definition) is 0. The second-order valence-electron chi connectivity index (χ2n) is 3.40. The average Bonchev–Trinajstić information content (AvgIpc) is 2.95. The third kappa shape index (κ3) is 1.51. The summed E-state index contributed by atoms with van der Waals surface area (Å²) in [5.41, 5.74) is 0. The monoisotopic (exact) mass is 173 g/mol. The molecular weight excluding hydrogens is 158 g/mol. The second kappa shape index (κ2) is 3.33. The molecule has 1 nitrogen and oxygen atoms in total. The number of rotatable bonds is 0. The van der Waals surface area contributed by atoms with Gasteiger partial charge >= 0.3 is 0 Å². The fourth-order valence-electron chi connectivity index (χ4n) is 1.79. The zero-order valence-corrected chi connectivity index (χ0v) is 8.20. The highest BCUT2D eigenvalue weighted by molar-refractivity contribution is 5.48. The zero-order valence-electron chi connectivity index (χ0n) is 8.20. The van der Waals surface area contributed by atoms with Crippen molar-refractivity contribution in [2.45, 2.75) is 20.3 Å². The Bertz CT molecular complexity index is 366. The van der Waals surface area contributed by atoms with Crippen LogP contribution in [0.15, 0.2) is 18.5 Å². The van der Waals surface area contributed by atoms with Gasteiger partial charge in [0, 0.05) is 12.4 Å². The summed E-state index contributed by atoms with van der Waals surface area (Å²) >= 11 is 0. The summed E-state index contributed by atoms with van der Waals surface area (Å²) in [5, 5.41) is 2.70. The van der Waals surface area contributed by atoms with E-state index in [1.165, 1.54) is 16.9 Å². The molecule has 0 aromatic carbocycles. The topological polar surface area (TPSA) is 12.9 Å². The Labute approximate surface area is 78.8 Å². The SMILES string of the molecule is C1=c2ccncc2=CC2CC12.CC. The molecule has 1 aromatic heterocycles. The van der Waals surface area contributed by atoms with E-state index < -0.39 is 0 Å². The van der Waals surface area contributed by atoms with Crippen LogP contribution in [0.4, 0.5) is 0 Å². The lowest BCUT2D eigenvalue weighted by Gasteiger charge is -1.95. The number of aromatic nitrogens is 1. The van der Waals surface area contributed by atoms with Gasteiger partial charge in [0.2, 0.25) is 0 Å². The molecule has 0 aliphatic heterocycles. The van der Waals surface area contributed by atoms with Gasteiger partial charge in [-0.05, 0) is 34.8 Å². The molecule has 0 N–H and O–H groups in total. The Morgan fingerprint density at radius 3 is 2.62 bits per heavy atom. The summed E-state index contributed by atoms with van der Waals surface area (Å²) in [4.78, 5) is 4.10. The van der Waals surface area contributed by atoms with E-state index in [-0.39, 0.29) is 0 Å². The average molecular weight is 173 g/mol.